The molecule has 0 aliphatic heterocycles. The molecule has 3 aromatic carbocycles. The van der Waals surface area contributed by atoms with E-state index in [1.54, 1.807) is 27.7 Å². The van der Waals surface area contributed by atoms with Crippen molar-refractivity contribution in [3.05, 3.63) is 96.1 Å². The lowest BCUT2D eigenvalue weighted by atomic mass is 9.98. The minimum absolute atomic E-state index is 0.00254. The zero-order valence-electron chi connectivity index (χ0n) is 48.0. The van der Waals surface area contributed by atoms with Crippen molar-refractivity contribution in [1.82, 2.24) is 21.3 Å². The minimum Gasteiger partial charge on any atom is -0.541 e. The van der Waals surface area contributed by atoms with Gasteiger partial charge in [-0.3, -0.25) is 9.59 Å². The van der Waals surface area contributed by atoms with Gasteiger partial charge in [0.25, 0.3) is 16.6 Å². The van der Waals surface area contributed by atoms with Crippen LogP contribution in [-0.4, -0.2) is 102 Å². The van der Waals surface area contributed by atoms with E-state index in [4.69, 9.17) is 27.8 Å². The fraction of sp³-hybridized carbons (Fsp3) is 0.569. The Bertz CT molecular complexity index is 2420. The van der Waals surface area contributed by atoms with Crippen molar-refractivity contribution in [2.45, 2.75) is 193 Å². The summed E-state index contributed by atoms with van der Waals surface area (Å²) in [4.78, 5) is 69.6. The molecule has 75 heavy (non-hydrogen) atoms. The van der Waals surface area contributed by atoms with Crippen molar-refractivity contribution in [3.63, 3.8) is 0 Å². The third kappa shape index (κ3) is 18.3. The number of alkyl carbamates (subject to hydrolysis) is 2. The average Bonchev–Trinajstić information content (AvgIpc) is 3.60. The molecule has 0 bridgehead atoms. The van der Waals surface area contributed by atoms with E-state index in [1.807, 2.05) is 87.5 Å². The maximum Gasteiger partial charge on any atom is 0.407 e. The van der Waals surface area contributed by atoms with Crippen LogP contribution in [-0.2, 0) is 39.8 Å². The van der Waals surface area contributed by atoms with Gasteiger partial charge in [0.2, 0.25) is 11.8 Å². The molecule has 414 valence electrons. The first-order valence-electron chi connectivity index (χ1n) is 26.3. The largest absolute Gasteiger partial charge is 0.541 e. The minimum atomic E-state index is -2.47. The topological polar surface area (TPSA) is 189 Å². The zero-order valence-corrected chi connectivity index (χ0v) is 50.0. The van der Waals surface area contributed by atoms with Gasteiger partial charge < -0.3 is 49.1 Å². The van der Waals surface area contributed by atoms with Crippen molar-refractivity contribution >= 4 is 46.6 Å². The molecule has 0 saturated heterocycles. The highest BCUT2D eigenvalue weighted by Gasteiger charge is 2.43. The van der Waals surface area contributed by atoms with E-state index in [0.717, 1.165) is 22.3 Å². The summed E-state index contributed by atoms with van der Waals surface area (Å²) in [5.74, 6) is -1.23. The molecule has 0 aromatic heterocycles. The quantitative estimate of drug-likeness (QED) is 0.0233. The number of unbranched alkanes of at least 4 members (excludes halogenated alkanes) is 1. The number of esters is 1. The fourth-order valence-corrected chi connectivity index (χ4v) is 9.98. The van der Waals surface area contributed by atoms with Crippen LogP contribution in [0.5, 0.6) is 11.5 Å². The van der Waals surface area contributed by atoms with Gasteiger partial charge in [0.1, 0.15) is 48.4 Å². The van der Waals surface area contributed by atoms with Crippen LogP contribution in [0.1, 0.15) is 132 Å². The summed E-state index contributed by atoms with van der Waals surface area (Å²) in [6.45, 7) is 37.9. The van der Waals surface area contributed by atoms with Gasteiger partial charge >= 0.3 is 18.2 Å². The van der Waals surface area contributed by atoms with Gasteiger partial charge in [-0.2, -0.15) is 0 Å². The highest BCUT2D eigenvalue weighted by Crippen LogP contribution is 2.46. The zero-order chi connectivity index (χ0) is 56.3. The number of rotatable bonds is 23. The standard InChI is InChI=1S/C58H88N4O11Si2/c1-19-34-68-52(65)45(30-24-25-33-59-53(66)71-56(6,7)8)60-50(63)46(35-39-31-32-47(72-74(15,16)57(9,10)11)48(36-39)73-75(17,18)58(12,13)14)61-51(64)49(38(2)70-55(3,4)5)62-54(67)69-37-44-42-28-22-20-26-40(42)41-27-21-23-29-43(41)44/h19-23,26-29,31-32,36,38,44-46,49H,1,24-25,30,33-35,37H2,2-18H3,(H,59,66)(H,60,63)(H,61,64)(H,62,67)/t38-,45+,46+,49+/m1/s1. The second-order valence-electron chi connectivity index (χ2n) is 24.6. The second kappa shape index (κ2) is 25.5. The third-order valence-electron chi connectivity index (χ3n) is 13.9. The summed E-state index contributed by atoms with van der Waals surface area (Å²) >= 11 is 0. The Labute approximate surface area is 449 Å². The molecule has 0 spiro atoms. The lowest BCUT2D eigenvalue weighted by Gasteiger charge is -2.40. The van der Waals surface area contributed by atoms with Crippen LogP contribution in [0.4, 0.5) is 9.59 Å². The monoisotopic (exact) mass is 1070 g/mol. The second-order valence-corrected chi connectivity index (χ2v) is 34.0. The number of carbonyl (C=O) groups is 5. The smallest absolute Gasteiger partial charge is 0.407 e. The number of benzene rings is 3. The predicted molar refractivity (Wildman–Crippen MR) is 301 cm³/mol. The molecule has 15 nitrogen and oxygen atoms in total. The van der Waals surface area contributed by atoms with Crippen LogP contribution in [0.2, 0.25) is 36.3 Å². The van der Waals surface area contributed by atoms with Crippen LogP contribution in [0.15, 0.2) is 79.4 Å². The normalized spacial score (nSPS) is 14.7. The number of hydrogen-bond acceptors (Lipinski definition) is 11. The van der Waals surface area contributed by atoms with E-state index in [2.05, 4.69) is 95.6 Å². The van der Waals surface area contributed by atoms with Crippen molar-refractivity contribution in [2.75, 3.05) is 19.8 Å². The molecule has 0 radical (unpaired) electrons. The SMILES string of the molecule is C=CCOC(=O)[C@H](CCCCNC(=O)OC(C)(C)C)NC(=O)[C@H](Cc1ccc(O[Si](C)(C)C(C)(C)C)c(O[Si](C)(C)C(C)(C)C)c1)NC(=O)[C@@H](NC(=O)OCC1c2ccccc2-c2ccccc21)[C@@H](C)OC(C)(C)C. The Morgan fingerprint density at radius 1 is 0.653 bits per heavy atom. The van der Waals surface area contributed by atoms with Gasteiger partial charge in [0.05, 0.1) is 11.7 Å². The Balaban J connectivity index is 1.72. The number of nitrogens with one attached hydrogen (secondary N) is 4. The predicted octanol–water partition coefficient (Wildman–Crippen LogP) is 11.5. The summed E-state index contributed by atoms with van der Waals surface area (Å²) in [7, 11) is -4.85. The molecule has 4 rings (SSSR count). The molecule has 4 amide bonds. The summed E-state index contributed by atoms with van der Waals surface area (Å²) in [6.07, 6.45) is 0.0321. The van der Waals surface area contributed by atoms with Gasteiger partial charge in [0.15, 0.2) is 0 Å². The molecule has 0 saturated carbocycles. The molecular weight excluding hydrogens is 985 g/mol. The highest BCUT2D eigenvalue weighted by atomic mass is 28.4. The molecule has 3 aromatic rings. The summed E-state index contributed by atoms with van der Waals surface area (Å²) < 4.78 is 36.9. The molecule has 0 fully saturated rings. The lowest BCUT2D eigenvalue weighted by molar-refractivity contribution is -0.147. The molecule has 1 aliphatic rings. The molecule has 0 unspecified atom stereocenters. The lowest BCUT2D eigenvalue weighted by Crippen LogP contribution is -2.59. The molecule has 4 atom stereocenters. The Morgan fingerprint density at radius 2 is 1.20 bits per heavy atom. The van der Waals surface area contributed by atoms with E-state index >= 15 is 0 Å². The molecule has 4 N–H and O–H groups in total. The van der Waals surface area contributed by atoms with Crippen LogP contribution < -0.4 is 30.1 Å². The number of hydrogen-bond donors (Lipinski definition) is 4. The summed E-state index contributed by atoms with van der Waals surface area (Å²) in [5.41, 5.74) is 3.41. The number of ether oxygens (including phenoxy) is 4. The summed E-state index contributed by atoms with van der Waals surface area (Å²) in [6, 6.07) is 17.8. The maximum atomic E-state index is 14.9. The number of amides is 4. The van der Waals surface area contributed by atoms with Crippen LogP contribution in [0, 0.1) is 0 Å². The van der Waals surface area contributed by atoms with Gasteiger partial charge in [-0.05, 0) is 144 Å². The summed E-state index contributed by atoms with van der Waals surface area (Å²) in [5, 5.41) is 11.0. The van der Waals surface area contributed by atoms with Crippen molar-refractivity contribution < 1.29 is 51.8 Å². The Hall–Kier alpha value is -5.66. The van der Waals surface area contributed by atoms with Gasteiger partial charge in [-0.15, -0.1) is 0 Å². The van der Waals surface area contributed by atoms with Crippen LogP contribution >= 0.6 is 0 Å². The van der Waals surface area contributed by atoms with Crippen LogP contribution in [0.3, 0.4) is 0 Å². The number of fused-ring (bicyclic) bond motifs is 3. The molecule has 1 aliphatic carbocycles. The van der Waals surface area contributed by atoms with Gasteiger partial charge in [-0.1, -0.05) is 109 Å². The van der Waals surface area contributed by atoms with Crippen molar-refractivity contribution in [1.29, 1.82) is 0 Å². The highest BCUT2D eigenvalue weighted by molar-refractivity contribution is 6.75. The maximum absolute atomic E-state index is 14.9. The van der Waals surface area contributed by atoms with E-state index in [0.29, 0.717) is 29.9 Å². The van der Waals surface area contributed by atoms with Crippen molar-refractivity contribution in [2.24, 2.45) is 0 Å². The van der Waals surface area contributed by atoms with E-state index in [-0.39, 0.29) is 48.6 Å². The molecule has 0 heterocycles. The van der Waals surface area contributed by atoms with E-state index in [9.17, 15) is 24.0 Å². The Morgan fingerprint density at radius 3 is 1.73 bits per heavy atom. The van der Waals surface area contributed by atoms with Crippen molar-refractivity contribution in [3.8, 4) is 22.6 Å². The van der Waals surface area contributed by atoms with E-state index in [1.165, 1.54) is 6.08 Å². The Kier molecular flexibility index (Phi) is 21.0. The van der Waals surface area contributed by atoms with Gasteiger partial charge in [-0.25, -0.2) is 14.4 Å². The van der Waals surface area contributed by atoms with Crippen LogP contribution in [0.25, 0.3) is 11.1 Å². The number of carbonyl (C=O) groups excluding carboxylic acids is 5. The van der Waals surface area contributed by atoms with Gasteiger partial charge in [0, 0.05) is 18.9 Å². The first-order valence-corrected chi connectivity index (χ1v) is 32.1. The molecule has 17 heteroatoms. The fourth-order valence-electron chi connectivity index (χ4n) is 7.94. The first-order chi connectivity index (χ1) is 34.6. The third-order valence-corrected chi connectivity index (χ3v) is 22.5. The first kappa shape index (κ1) is 61.9. The molecular formula is C58H88N4O11Si2. The van der Waals surface area contributed by atoms with E-state index < -0.39 is 82.0 Å². The average molecular weight is 1070 g/mol.